The number of aryl methyl sites for hydroxylation is 1. The molecule has 0 radical (unpaired) electrons. The number of carbonyl (C=O) groups is 1. The molecular weight excluding hydrogens is 319 g/mol. The number of ether oxygens (including phenoxy) is 1. The van der Waals surface area contributed by atoms with Gasteiger partial charge in [0.2, 0.25) is 0 Å². The molecule has 1 atom stereocenters. The molecule has 0 saturated carbocycles. The summed E-state index contributed by atoms with van der Waals surface area (Å²) >= 11 is 0. The molecule has 1 amide bonds. The van der Waals surface area contributed by atoms with E-state index in [-0.39, 0.29) is 24.4 Å². The summed E-state index contributed by atoms with van der Waals surface area (Å²) in [6, 6.07) is 12.1. The van der Waals surface area contributed by atoms with Crippen molar-refractivity contribution < 1.29 is 13.9 Å². The standard InChI is InChI=1S/C20H25FN2O2/c1-14-6-5-7-19(15(14)2)25-13-20(24)22-12-18(23(3)4)16-8-10-17(21)11-9-16/h5-11,18H,12-13H2,1-4H3,(H,22,24)/t18-/m0/s1. The first-order valence-corrected chi connectivity index (χ1v) is 8.26. The van der Waals surface area contributed by atoms with Crippen molar-refractivity contribution in [3.05, 3.63) is 65.0 Å². The van der Waals surface area contributed by atoms with Crippen molar-refractivity contribution in [3.8, 4) is 5.75 Å². The largest absolute Gasteiger partial charge is 0.483 e. The summed E-state index contributed by atoms with van der Waals surface area (Å²) < 4.78 is 18.7. The summed E-state index contributed by atoms with van der Waals surface area (Å²) in [7, 11) is 3.85. The molecule has 0 fully saturated rings. The molecule has 25 heavy (non-hydrogen) atoms. The topological polar surface area (TPSA) is 41.6 Å². The highest BCUT2D eigenvalue weighted by atomic mass is 19.1. The Bertz CT molecular complexity index is 714. The van der Waals surface area contributed by atoms with Crippen LogP contribution in [0.15, 0.2) is 42.5 Å². The van der Waals surface area contributed by atoms with Gasteiger partial charge in [0, 0.05) is 6.54 Å². The number of nitrogens with zero attached hydrogens (tertiary/aromatic N) is 1. The minimum absolute atomic E-state index is 0.0339. The van der Waals surface area contributed by atoms with Crippen LogP contribution in [-0.2, 0) is 4.79 Å². The molecule has 4 nitrogen and oxygen atoms in total. The van der Waals surface area contributed by atoms with Gasteiger partial charge >= 0.3 is 0 Å². The Labute approximate surface area is 148 Å². The van der Waals surface area contributed by atoms with Crippen LogP contribution in [0.5, 0.6) is 5.75 Å². The van der Waals surface area contributed by atoms with Crippen LogP contribution >= 0.6 is 0 Å². The smallest absolute Gasteiger partial charge is 0.258 e. The van der Waals surface area contributed by atoms with Crippen molar-refractivity contribution in [3.63, 3.8) is 0 Å². The van der Waals surface area contributed by atoms with Gasteiger partial charge in [-0.25, -0.2) is 4.39 Å². The zero-order valence-electron chi connectivity index (χ0n) is 15.2. The van der Waals surface area contributed by atoms with E-state index in [1.54, 1.807) is 12.1 Å². The minimum atomic E-state index is -0.271. The van der Waals surface area contributed by atoms with Crippen LogP contribution in [0.1, 0.15) is 22.7 Å². The van der Waals surface area contributed by atoms with E-state index in [0.717, 1.165) is 22.4 Å². The van der Waals surface area contributed by atoms with Gasteiger partial charge in [0.1, 0.15) is 11.6 Å². The van der Waals surface area contributed by atoms with E-state index < -0.39 is 0 Å². The molecule has 0 saturated heterocycles. The SMILES string of the molecule is Cc1cccc(OCC(=O)NC[C@@H](c2ccc(F)cc2)N(C)C)c1C. The zero-order valence-corrected chi connectivity index (χ0v) is 15.2. The summed E-state index contributed by atoms with van der Waals surface area (Å²) in [5.41, 5.74) is 3.11. The molecule has 0 heterocycles. The van der Waals surface area contributed by atoms with E-state index >= 15 is 0 Å². The van der Waals surface area contributed by atoms with E-state index in [4.69, 9.17) is 4.74 Å². The molecular formula is C20H25FN2O2. The molecule has 5 heteroatoms. The number of hydrogen-bond donors (Lipinski definition) is 1. The van der Waals surface area contributed by atoms with Crippen LogP contribution in [-0.4, -0.2) is 38.1 Å². The lowest BCUT2D eigenvalue weighted by atomic mass is 10.1. The molecule has 134 valence electrons. The van der Waals surface area contributed by atoms with Crippen LogP contribution in [0.3, 0.4) is 0 Å². The van der Waals surface area contributed by atoms with E-state index in [2.05, 4.69) is 5.32 Å². The molecule has 2 aromatic carbocycles. The number of hydrogen-bond acceptors (Lipinski definition) is 3. The molecule has 0 aliphatic carbocycles. The fraction of sp³-hybridized carbons (Fsp3) is 0.350. The van der Waals surface area contributed by atoms with E-state index in [1.807, 2.05) is 51.0 Å². The van der Waals surface area contributed by atoms with Crippen molar-refractivity contribution in [2.45, 2.75) is 19.9 Å². The summed E-state index contributed by atoms with van der Waals surface area (Å²) in [6.07, 6.45) is 0. The third-order valence-corrected chi connectivity index (χ3v) is 4.28. The third-order valence-electron chi connectivity index (χ3n) is 4.28. The predicted octanol–water partition coefficient (Wildman–Crippen LogP) is 3.24. The van der Waals surface area contributed by atoms with Crippen molar-refractivity contribution in [1.82, 2.24) is 10.2 Å². The maximum atomic E-state index is 13.1. The highest BCUT2D eigenvalue weighted by molar-refractivity contribution is 5.77. The van der Waals surface area contributed by atoms with Crippen LogP contribution in [0, 0.1) is 19.7 Å². The van der Waals surface area contributed by atoms with Gasteiger partial charge < -0.3 is 15.0 Å². The lowest BCUT2D eigenvalue weighted by Crippen LogP contribution is -2.36. The molecule has 1 N–H and O–H groups in total. The first-order valence-electron chi connectivity index (χ1n) is 8.26. The van der Waals surface area contributed by atoms with Gasteiger partial charge in [0.05, 0.1) is 6.04 Å². The van der Waals surface area contributed by atoms with Gasteiger partial charge in [-0.3, -0.25) is 4.79 Å². The summed E-state index contributed by atoms with van der Waals surface area (Å²) in [6.45, 7) is 4.37. The van der Waals surface area contributed by atoms with Gasteiger partial charge in [-0.15, -0.1) is 0 Å². The molecule has 2 aromatic rings. The Hall–Kier alpha value is -2.40. The average molecular weight is 344 g/mol. The highest BCUT2D eigenvalue weighted by Gasteiger charge is 2.15. The molecule has 0 aromatic heterocycles. The van der Waals surface area contributed by atoms with Gasteiger partial charge in [-0.2, -0.15) is 0 Å². The van der Waals surface area contributed by atoms with E-state index in [0.29, 0.717) is 6.54 Å². The van der Waals surface area contributed by atoms with Crippen molar-refractivity contribution in [1.29, 1.82) is 0 Å². The molecule has 0 aliphatic heterocycles. The van der Waals surface area contributed by atoms with Gasteiger partial charge in [0.25, 0.3) is 5.91 Å². The van der Waals surface area contributed by atoms with Gasteiger partial charge in [-0.1, -0.05) is 24.3 Å². The minimum Gasteiger partial charge on any atom is -0.483 e. The van der Waals surface area contributed by atoms with Crippen LogP contribution in [0.25, 0.3) is 0 Å². The van der Waals surface area contributed by atoms with Gasteiger partial charge in [0.15, 0.2) is 6.61 Å². The Morgan fingerprint density at radius 2 is 1.84 bits per heavy atom. The fourth-order valence-corrected chi connectivity index (χ4v) is 2.57. The number of nitrogens with one attached hydrogen (secondary N) is 1. The molecule has 0 spiro atoms. The van der Waals surface area contributed by atoms with Crippen molar-refractivity contribution in [2.24, 2.45) is 0 Å². The first kappa shape index (κ1) is 18.9. The lowest BCUT2D eigenvalue weighted by Gasteiger charge is -2.25. The Morgan fingerprint density at radius 1 is 1.16 bits per heavy atom. The van der Waals surface area contributed by atoms with E-state index in [1.165, 1.54) is 12.1 Å². The monoisotopic (exact) mass is 344 g/mol. The van der Waals surface area contributed by atoms with Gasteiger partial charge in [-0.05, 0) is 62.8 Å². The van der Waals surface area contributed by atoms with Crippen LogP contribution in [0.4, 0.5) is 4.39 Å². The number of carbonyl (C=O) groups excluding carboxylic acids is 1. The van der Waals surface area contributed by atoms with Crippen molar-refractivity contribution >= 4 is 5.91 Å². The number of amides is 1. The van der Waals surface area contributed by atoms with E-state index in [9.17, 15) is 9.18 Å². The third kappa shape index (κ3) is 5.29. The number of benzene rings is 2. The molecule has 0 unspecified atom stereocenters. The molecule has 2 rings (SSSR count). The quantitative estimate of drug-likeness (QED) is 0.838. The Balaban J connectivity index is 1.90. The second-order valence-corrected chi connectivity index (χ2v) is 6.32. The maximum Gasteiger partial charge on any atom is 0.258 e. The predicted molar refractivity (Wildman–Crippen MR) is 97.2 cm³/mol. The maximum absolute atomic E-state index is 13.1. The van der Waals surface area contributed by atoms with Crippen molar-refractivity contribution in [2.75, 3.05) is 27.2 Å². The molecule has 0 bridgehead atoms. The number of halogens is 1. The highest BCUT2D eigenvalue weighted by Crippen LogP contribution is 2.20. The zero-order chi connectivity index (χ0) is 18.4. The molecule has 0 aliphatic rings. The summed E-state index contributed by atoms with van der Waals surface area (Å²) in [5.74, 6) is 0.264. The lowest BCUT2D eigenvalue weighted by molar-refractivity contribution is -0.123. The first-order chi connectivity index (χ1) is 11.9. The second-order valence-electron chi connectivity index (χ2n) is 6.32. The number of likely N-dealkylation sites (N-methyl/N-ethyl adjacent to an activating group) is 1. The van der Waals surface area contributed by atoms with Crippen LogP contribution < -0.4 is 10.1 Å². The average Bonchev–Trinajstić information content (AvgIpc) is 2.57. The summed E-state index contributed by atoms with van der Waals surface area (Å²) in [5, 5.41) is 2.88. The number of rotatable bonds is 7. The fourth-order valence-electron chi connectivity index (χ4n) is 2.57. The Kier molecular flexibility index (Phi) is 6.53. The normalized spacial score (nSPS) is 12.1. The summed E-state index contributed by atoms with van der Waals surface area (Å²) in [4.78, 5) is 14.1. The second kappa shape index (κ2) is 8.62. The Morgan fingerprint density at radius 3 is 2.48 bits per heavy atom. The van der Waals surface area contributed by atoms with Crippen LogP contribution in [0.2, 0.25) is 0 Å².